The minimum Gasteiger partial charge on any atom is -0.998 e. The summed E-state index contributed by atoms with van der Waals surface area (Å²) >= 11 is 0. The quantitative estimate of drug-likeness (QED) is 0.104. The van der Waals surface area contributed by atoms with Gasteiger partial charge < -0.3 is 59.1 Å². The van der Waals surface area contributed by atoms with E-state index in [4.69, 9.17) is 18.6 Å². The van der Waals surface area contributed by atoms with Crippen LogP contribution in [0.25, 0.3) is 0 Å². The normalized spacial score (nSPS) is 8.57. The van der Waals surface area contributed by atoms with E-state index in [2.05, 4.69) is 172 Å². The molecule has 0 fully saturated rings. The van der Waals surface area contributed by atoms with Gasteiger partial charge in [0, 0.05) is 38.1 Å². The third kappa shape index (κ3) is 14.4. The van der Waals surface area contributed by atoms with Gasteiger partial charge in [0.1, 0.15) is 0 Å². The average molecular weight is 754 g/mol. The van der Waals surface area contributed by atoms with Gasteiger partial charge in [-0.25, -0.2) is 15.8 Å². The second-order valence-corrected chi connectivity index (χ2v) is 12.0. The van der Waals surface area contributed by atoms with Crippen LogP contribution in [0, 0.1) is 75.1 Å². The van der Waals surface area contributed by atoms with Crippen molar-refractivity contribution in [3.05, 3.63) is 196 Å². The molecule has 0 N–H and O–H groups in total. The zero-order valence-electron chi connectivity index (χ0n) is 23.8. The molecule has 0 atom stereocenters. The number of hydrogen-bond acceptors (Lipinski definition) is 0. The van der Waals surface area contributed by atoms with E-state index in [0.717, 1.165) is 10.6 Å². The first-order valence-corrected chi connectivity index (χ1v) is 15.0. The zero-order valence-corrected chi connectivity index (χ0v) is 28.7. The third-order valence-electron chi connectivity index (χ3n) is 5.35. The van der Waals surface area contributed by atoms with Crippen LogP contribution in [0.3, 0.4) is 0 Å². The molecule has 0 spiro atoms. The van der Waals surface area contributed by atoms with E-state index in [1.165, 1.54) is 21.2 Å². The van der Waals surface area contributed by atoms with Crippen molar-refractivity contribution in [2.24, 2.45) is 0 Å². The molecule has 46 heavy (non-hydrogen) atoms. The molecule has 0 unspecified atom stereocenters. The van der Waals surface area contributed by atoms with Crippen molar-refractivity contribution in [2.45, 2.75) is 0 Å². The number of rotatable bonds is 6. The molecule has 0 aliphatic carbocycles. The van der Waals surface area contributed by atoms with E-state index in [1.807, 2.05) is 24.3 Å². The molecule has 0 radical (unpaired) electrons. The Balaban J connectivity index is 0. The van der Waals surface area contributed by atoms with Crippen molar-refractivity contribution in [2.75, 3.05) is 0 Å². The van der Waals surface area contributed by atoms with Gasteiger partial charge in [-0.1, -0.05) is 143 Å². The van der Waals surface area contributed by atoms with E-state index in [1.54, 1.807) is 0 Å². The second kappa shape index (κ2) is 29.0. The molecule has 0 saturated heterocycles. The zero-order chi connectivity index (χ0) is 32.4. The number of hydrogen-bond donors (Lipinski definition) is 0. The van der Waals surface area contributed by atoms with Crippen LogP contribution in [-0.2, 0) is 56.7 Å². The molecule has 0 amide bonds. The summed E-state index contributed by atoms with van der Waals surface area (Å²) in [6.45, 7) is 18.0. The fourth-order valence-corrected chi connectivity index (χ4v) is 7.95. The molecular weight excluding hydrogens is 734 g/mol. The molecule has 6 aromatic rings. The molecular formula is C38H20FeMoO4P2-10. The number of benzene rings is 4. The van der Waals surface area contributed by atoms with Gasteiger partial charge in [-0.05, 0) is 0 Å². The first-order valence-electron chi connectivity index (χ1n) is 12.3. The van der Waals surface area contributed by atoms with E-state index < -0.39 is 15.8 Å². The van der Waals surface area contributed by atoms with Crippen LogP contribution < -0.4 is 31.8 Å². The van der Waals surface area contributed by atoms with Crippen molar-refractivity contribution in [1.82, 2.24) is 0 Å². The molecule has 4 nitrogen and oxygen atoms in total. The Morgan fingerprint density at radius 2 is 0.543 bits per heavy atom. The maximum absolute atomic E-state index is 7.50. The molecule has 6 aromatic carbocycles. The van der Waals surface area contributed by atoms with Crippen molar-refractivity contribution in [1.29, 1.82) is 0 Å². The van der Waals surface area contributed by atoms with E-state index >= 15 is 0 Å². The predicted octanol–water partition coefficient (Wildman–Crippen LogP) is 4.57. The van der Waals surface area contributed by atoms with E-state index in [-0.39, 0.29) is 38.1 Å². The summed E-state index contributed by atoms with van der Waals surface area (Å²) in [6.07, 6.45) is 0. The second-order valence-electron chi connectivity index (χ2n) is 7.71. The van der Waals surface area contributed by atoms with Crippen LogP contribution in [0.4, 0.5) is 0 Å². The van der Waals surface area contributed by atoms with Crippen LogP contribution in [-0.4, -0.2) is 0 Å². The van der Waals surface area contributed by atoms with Crippen LogP contribution in [0.5, 0.6) is 0 Å². The minimum atomic E-state index is -0.583. The maximum atomic E-state index is 7.50. The van der Waals surface area contributed by atoms with E-state index in [9.17, 15) is 0 Å². The Morgan fingerprint density at radius 1 is 0.370 bits per heavy atom. The molecule has 8 heteroatoms. The molecule has 0 aromatic heterocycles. The minimum absolute atomic E-state index is 0. The molecule has 6 rings (SSSR count). The Bertz CT molecular complexity index is 1390. The fraction of sp³-hybridized carbons (Fsp3) is 0. The molecule has 0 heterocycles. The van der Waals surface area contributed by atoms with Gasteiger partial charge in [-0.2, -0.15) is 0 Å². The van der Waals surface area contributed by atoms with E-state index in [0.29, 0.717) is 0 Å². The van der Waals surface area contributed by atoms with Crippen LogP contribution in [0.1, 0.15) is 0 Å². The van der Waals surface area contributed by atoms with Crippen molar-refractivity contribution >= 4 is 47.7 Å². The summed E-state index contributed by atoms with van der Waals surface area (Å²) < 4.78 is 30.0. The molecule has 0 aliphatic rings. The Labute approximate surface area is 299 Å². The van der Waals surface area contributed by atoms with Crippen molar-refractivity contribution < 1.29 is 56.7 Å². The Kier molecular flexibility index (Phi) is 28.2. The summed E-state index contributed by atoms with van der Waals surface area (Å²) in [4.78, 5) is 0. The smallest absolute Gasteiger partial charge is 0 e. The predicted molar refractivity (Wildman–Crippen MR) is 168 cm³/mol. The van der Waals surface area contributed by atoms with Crippen molar-refractivity contribution in [3.63, 3.8) is 0 Å². The van der Waals surface area contributed by atoms with Gasteiger partial charge in [0.2, 0.25) is 0 Å². The Morgan fingerprint density at radius 3 is 0.717 bits per heavy atom. The summed E-state index contributed by atoms with van der Waals surface area (Å²) in [5.74, 6) is 0. The van der Waals surface area contributed by atoms with Gasteiger partial charge >= 0.3 is 45.2 Å². The van der Waals surface area contributed by atoms with Crippen molar-refractivity contribution in [3.8, 4) is 0 Å². The first kappa shape index (κ1) is 44.7. The monoisotopic (exact) mass is 756 g/mol. The topological polar surface area (TPSA) is 79.6 Å². The average Bonchev–Trinajstić information content (AvgIpc) is 3.87. The van der Waals surface area contributed by atoms with Gasteiger partial charge in [-0.3, -0.25) is 0 Å². The van der Waals surface area contributed by atoms with Gasteiger partial charge in [0.25, 0.3) is 0 Å². The van der Waals surface area contributed by atoms with Gasteiger partial charge in [0.15, 0.2) is 0 Å². The summed E-state index contributed by atoms with van der Waals surface area (Å²) in [5.41, 5.74) is 0. The molecule has 0 aliphatic heterocycles. The molecule has 0 saturated carbocycles. The van der Waals surface area contributed by atoms with Gasteiger partial charge in [-0.15, -0.1) is 0 Å². The molecule has 0 bridgehead atoms. The van der Waals surface area contributed by atoms with Crippen LogP contribution in [0.15, 0.2) is 121 Å². The first-order chi connectivity index (χ1) is 21.9. The summed E-state index contributed by atoms with van der Waals surface area (Å²) in [5, 5.41) is 7.33. The standard InChI is InChI=1S/2C17H10P.4CO.Fe.Mo/c2*1-3-9-15(10-4-1)18(17-13-7-8-14-17)16-11-5-2-6-12-16;4*1-2;;/h2*1-6,9-12H;;;;;;/q2*-5;;;;;;. The molecule has 230 valence electrons. The Hall–Kier alpha value is -3.39. The summed E-state index contributed by atoms with van der Waals surface area (Å²) in [6, 6.07) is 66.0. The van der Waals surface area contributed by atoms with Crippen LogP contribution >= 0.6 is 15.8 Å². The van der Waals surface area contributed by atoms with Crippen LogP contribution in [0.2, 0.25) is 0 Å². The third-order valence-corrected chi connectivity index (χ3v) is 9.95. The SMILES string of the molecule is [C-]#[O+].[C-]#[O+].[C-]#[O+].[C-]#[O+].[Fe].[Mo].[c-]1[c-][c-][c-](P(c2ccccc2)c2ccccc2)[c-]1.[c-]1[c-][c-][c-](P(c2ccccc2)c2ccccc2)[c-]1. The van der Waals surface area contributed by atoms with Gasteiger partial charge in [0.05, 0.1) is 0 Å². The summed E-state index contributed by atoms with van der Waals surface area (Å²) in [7, 11) is -1.17. The maximum Gasteiger partial charge on any atom is 0 e. The largest absolute Gasteiger partial charge is 0.998 e. The fourth-order valence-electron chi connectivity index (χ4n) is 3.77.